The van der Waals surface area contributed by atoms with E-state index in [0.717, 1.165) is 5.56 Å². The number of rotatable bonds is 5. The van der Waals surface area contributed by atoms with Crippen molar-refractivity contribution < 1.29 is 18.3 Å². The Bertz CT molecular complexity index is 365. The van der Waals surface area contributed by atoms with Crippen LogP contribution in [0.5, 0.6) is 5.75 Å². The van der Waals surface area contributed by atoms with Gasteiger partial charge in [-0.1, -0.05) is 12.1 Å². The third-order valence-electron chi connectivity index (χ3n) is 2.25. The van der Waals surface area contributed by atoms with Gasteiger partial charge < -0.3 is 10.1 Å². The predicted molar refractivity (Wildman–Crippen MR) is 60.2 cm³/mol. The van der Waals surface area contributed by atoms with Gasteiger partial charge in [-0.3, -0.25) is 4.79 Å². The molecule has 1 rings (SSSR count). The topological polar surface area (TPSA) is 38.3 Å². The van der Waals surface area contributed by atoms with E-state index in [1.807, 2.05) is 6.92 Å². The molecule has 0 aromatic heterocycles. The van der Waals surface area contributed by atoms with Crippen LogP contribution in [0.1, 0.15) is 25.5 Å². The van der Waals surface area contributed by atoms with Crippen LogP contribution in [0.25, 0.3) is 0 Å². The first-order chi connectivity index (χ1) is 8.04. The van der Waals surface area contributed by atoms with Crippen molar-refractivity contribution in [1.82, 2.24) is 5.32 Å². The summed E-state index contributed by atoms with van der Waals surface area (Å²) in [4.78, 5) is 10.8. The molecule has 0 aliphatic rings. The fourth-order valence-corrected chi connectivity index (χ4v) is 1.38. The van der Waals surface area contributed by atoms with Gasteiger partial charge >= 0.3 is 6.43 Å². The molecule has 1 amide bonds. The molecule has 1 N–H and O–H groups in total. The van der Waals surface area contributed by atoms with E-state index in [1.165, 1.54) is 0 Å². The van der Waals surface area contributed by atoms with E-state index >= 15 is 0 Å². The van der Waals surface area contributed by atoms with E-state index in [2.05, 4.69) is 5.32 Å². The Morgan fingerprint density at radius 2 is 1.94 bits per heavy atom. The van der Waals surface area contributed by atoms with Gasteiger partial charge in [0.1, 0.15) is 5.75 Å². The highest BCUT2D eigenvalue weighted by Gasteiger charge is 2.17. The quantitative estimate of drug-likeness (QED) is 0.863. The maximum absolute atomic E-state index is 12.0. The van der Waals surface area contributed by atoms with Crippen molar-refractivity contribution in [3.05, 3.63) is 29.8 Å². The van der Waals surface area contributed by atoms with E-state index in [9.17, 15) is 13.6 Å². The number of ether oxygens (including phenoxy) is 1. The second-order valence-electron chi connectivity index (χ2n) is 3.53. The minimum atomic E-state index is -2.99. The average Bonchev–Trinajstić information content (AvgIpc) is 2.30. The summed E-state index contributed by atoms with van der Waals surface area (Å²) in [5.41, 5.74) is 0.752. The van der Waals surface area contributed by atoms with Crippen molar-refractivity contribution in [2.75, 3.05) is 6.61 Å². The van der Waals surface area contributed by atoms with E-state index in [4.69, 9.17) is 4.74 Å². The van der Waals surface area contributed by atoms with Crippen LogP contribution in [0.4, 0.5) is 8.78 Å². The zero-order chi connectivity index (χ0) is 12.8. The van der Waals surface area contributed by atoms with Crippen molar-refractivity contribution in [3.63, 3.8) is 0 Å². The Balaban J connectivity index is 2.63. The molecule has 94 valence electrons. The highest BCUT2D eigenvalue weighted by Crippen LogP contribution is 2.17. The van der Waals surface area contributed by atoms with Crippen LogP contribution in [0.3, 0.4) is 0 Å². The average molecular weight is 243 g/mol. The number of hydrogen-bond acceptors (Lipinski definition) is 2. The lowest BCUT2D eigenvalue weighted by molar-refractivity contribution is -0.132. The Labute approximate surface area is 98.8 Å². The van der Waals surface area contributed by atoms with Crippen LogP contribution in [0.15, 0.2) is 24.3 Å². The fourth-order valence-electron chi connectivity index (χ4n) is 1.38. The van der Waals surface area contributed by atoms with E-state index in [1.54, 1.807) is 31.2 Å². The minimum absolute atomic E-state index is 0.452. The predicted octanol–water partition coefficient (Wildman–Crippen LogP) is 2.53. The molecule has 0 radical (unpaired) electrons. The van der Waals surface area contributed by atoms with Crippen LogP contribution < -0.4 is 10.1 Å². The molecule has 17 heavy (non-hydrogen) atoms. The van der Waals surface area contributed by atoms with Crippen LogP contribution in [0.2, 0.25) is 0 Å². The summed E-state index contributed by atoms with van der Waals surface area (Å²) in [6.45, 7) is 4.09. The van der Waals surface area contributed by atoms with Gasteiger partial charge in [-0.05, 0) is 31.5 Å². The number of halogens is 2. The van der Waals surface area contributed by atoms with Crippen LogP contribution in [0, 0.1) is 0 Å². The molecule has 1 aromatic rings. The van der Waals surface area contributed by atoms with Crippen LogP contribution in [-0.4, -0.2) is 18.9 Å². The largest absolute Gasteiger partial charge is 0.494 e. The second-order valence-corrected chi connectivity index (χ2v) is 3.53. The first-order valence-electron chi connectivity index (χ1n) is 5.36. The maximum atomic E-state index is 12.0. The zero-order valence-corrected chi connectivity index (χ0v) is 9.74. The standard InChI is InChI=1S/C12H15F2NO2/c1-3-17-10-6-4-9(5-7-10)8(2)15-12(16)11(13)14/h4-8,11H,3H2,1-2H3,(H,15,16). The van der Waals surface area contributed by atoms with Gasteiger partial charge in [0.05, 0.1) is 12.6 Å². The first-order valence-corrected chi connectivity index (χ1v) is 5.36. The Morgan fingerprint density at radius 1 is 1.35 bits per heavy atom. The van der Waals surface area contributed by atoms with Crippen LogP contribution >= 0.6 is 0 Å². The Hall–Kier alpha value is -1.65. The summed E-state index contributed by atoms with van der Waals surface area (Å²) in [5.74, 6) is -0.546. The molecule has 0 saturated carbocycles. The van der Waals surface area contributed by atoms with Crippen molar-refractivity contribution in [2.45, 2.75) is 26.3 Å². The van der Waals surface area contributed by atoms with E-state index < -0.39 is 18.4 Å². The fraction of sp³-hybridized carbons (Fsp3) is 0.417. The van der Waals surface area contributed by atoms with Gasteiger partial charge in [-0.2, -0.15) is 8.78 Å². The van der Waals surface area contributed by atoms with Crippen molar-refractivity contribution in [2.24, 2.45) is 0 Å². The Morgan fingerprint density at radius 3 is 2.41 bits per heavy atom. The van der Waals surface area contributed by atoms with E-state index in [-0.39, 0.29) is 0 Å². The van der Waals surface area contributed by atoms with E-state index in [0.29, 0.717) is 12.4 Å². The van der Waals surface area contributed by atoms with Gasteiger partial charge in [0.15, 0.2) is 0 Å². The molecule has 1 aromatic carbocycles. The molecule has 1 atom stereocenters. The highest BCUT2D eigenvalue weighted by molar-refractivity contribution is 5.79. The number of nitrogens with one attached hydrogen (secondary N) is 1. The van der Waals surface area contributed by atoms with Crippen molar-refractivity contribution in [1.29, 1.82) is 0 Å². The molecule has 3 nitrogen and oxygen atoms in total. The van der Waals surface area contributed by atoms with Crippen molar-refractivity contribution >= 4 is 5.91 Å². The lowest BCUT2D eigenvalue weighted by atomic mass is 10.1. The number of alkyl halides is 2. The third-order valence-corrected chi connectivity index (χ3v) is 2.25. The molecular formula is C12H15F2NO2. The summed E-state index contributed by atoms with van der Waals surface area (Å²) in [7, 11) is 0. The number of hydrogen-bond donors (Lipinski definition) is 1. The molecule has 0 spiro atoms. The van der Waals surface area contributed by atoms with Gasteiger partial charge in [0.25, 0.3) is 5.91 Å². The molecule has 5 heteroatoms. The smallest absolute Gasteiger partial charge is 0.315 e. The molecule has 0 bridgehead atoms. The van der Waals surface area contributed by atoms with Gasteiger partial charge in [-0.15, -0.1) is 0 Å². The molecule has 0 aliphatic heterocycles. The molecule has 1 unspecified atom stereocenters. The lowest BCUT2D eigenvalue weighted by Crippen LogP contribution is -2.31. The maximum Gasteiger partial charge on any atom is 0.315 e. The summed E-state index contributed by atoms with van der Waals surface area (Å²) < 4.78 is 29.3. The molecule has 0 fully saturated rings. The van der Waals surface area contributed by atoms with Gasteiger partial charge in [0, 0.05) is 0 Å². The summed E-state index contributed by atoms with van der Waals surface area (Å²) in [6, 6.07) is 6.50. The number of amides is 1. The number of carbonyl (C=O) groups excluding carboxylic acids is 1. The summed E-state index contributed by atoms with van der Waals surface area (Å²) in [6.07, 6.45) is -2.99. The minimum Gasteiger partial charge on any atom is -0.494 e. The normalized spacial score (nSPS) is 12.3. The van der Waals surface area contributed by atoms with Gasteiger partial charge in [0.2, 0.25) is 0 Å². The summed E-state index contributed by atoms with van der Waals surface area (Å²) >= 11 is 0. The number of benzene rings is 1. The second kappa shape index (κ2) is 6.18. The molecule has 0 saturated heterocycles. The van der Waals surface area contributed by atoms with Crippen LogP contribution in [-0.2, 0) is 4.79 Å². The third kappa shape index (κ3) is 4.01. The lowest BCUT2D eigenvalue weighted by Gasteiger charge is -2.14. The molecule has 0 aliphatic carbocycles. The first kappa shape index (κ1) is 13.4. The molecular weight excluding hydrogens is 228 g/mol. The zero-order valence-electron chi connectivity index (χ0n) is 9.74. The summed E-state index contributed by atoms with van der Waals surface area (Å²) in [5, 5.41) is 2.22. The highest BCUT2D eigenvalue weighted by atomic mass is 19.3. The number of carbonyl (C=O) groups is 1. The van der Waals surface area contributed by atoms with Gasteiger partial charge in [-0.25, -0.2) is 0 Å². The van der Waals surface area contributed by atoms with Crippen molar-refractivity contribution in [3.8, 4) is 5.75 Å². The SMILES string of the molecule is CCOc1ccc(C(C)NC(=O)C(F)F)cc1. The monoisotopic (exact) mass is 243 g/mol. The molecule has 0 heterocycles. The Kier molecular flexibility index (Phi) is 4.87.